The average molecular weight is 271 g/mol. The molecule has 1 aliphatic heterocycles. The molecule has 112 valence electrons. The highest BCUT2D eigenvalue weighted by molar-refractivity contribution is 5.69. The Labute approximate surface area is 117 Å². The molecular weight excluding hydrogens is 242 g/mol. The van der Waals surface area contributed by atoms with Crippen LogP contribution in [0.4, 0.5) is 4.79 Å². The molecular formula is C14H29N3O2. The summed E-state index contributed by atoms with van der Waals surface area (Å²) < 4.78 is 5.51. The maximum absolute atomic E-state index is 12.3. The Morgan fingerprint density at radius 3 is 2.58 bits per heavy atom. The second kappa shape index (κ2) is 6.57. The van der Waals surface area contributed by atoms with Crippen molar-refractivity contribution < 1.29 is 9.53 Å². The summed E-state index contributed by atoms with van der Waals surface area (Å²) in [5, 5.41) is 0. The third-order valence-corrected chi connectivity index (χ3v) is 3.25. The van der Waals surface area contributed by atoms with E-state index in [1.807, 2.05) is 39.5 Å². The number of nitrogens with two attached hydrogens (primary N) is 1. The fourth-order valence-electron chi connectivity index (χ4n) is 2.52. The number of carbonyl (C=O) groups is 1. The van der Waals surface area contributed by atoms with E-state index >= 15 is 0 Å². The Hall–Kier alpha value is -0.810. The number of hydrogen-bond donors (Lipinski definition) is 1. The lowest BCUT2D eigenvalue weighted by Gasteiger charge is -2.34. The van der Waals surface area contributed by atoms with Gasteiger partial charge in [0.15, 0.2) is 0 Å². The minimum Gasteiger partial charge on any atom is -0.444 e. The molecule has 1 amide bonds. The number of carbonyl (C=O) groups excluding carboxylic acids is 1. The number of hydrogen-bond acceptors (Lipinski definition) is 4. The quantitative estimate of drug-likeness (QED) is 0.845. The van der Waals surface area contributed by atoms with E-state index in [1.165, 1.54) is 0 Å². The molecule has 0 aromatic rings. The van der Waals surface area contributed by atoms with Crippen LogP contribution in [0.2, 0.25) is 0 Å². The highest BCUT2D eigenvalue weighted by Gasteiger charge is 2.34. The molecule has 5 heteroatoms. The predicted octanol–water partition coefficient (Wildman–Crippen LogP) is 1.66. The average Bonchev–Trinajstić information content (AvgIpc) is 2.63. The van der Waals surface area contributed by atoms with E-state index in [0.717, 1.165) is 26.1 Å². The van der Waals surface area contributed by atoms with Gasteiger partial charge >= 0.3 is 6.09 Å². The number of amides is 1. The molecule has 0 aliphatic carbocycles. The molecule has 1 heterocycles. The minimum atomic E-state index is -0.445. The van der Waals surface area contributed by atoms with E-state index in [1.54, 1.807) is 0 Å². The van der Waals surface area contributed by atoms with Gasteiger partial charge in [0.05, 0.1) is 0 Å². The number of nitrogens with zero attached hydrogens (tertiary/aromatic N) is 2. The van der Waals surface area contributed by atoms with Crippen molar-refractivity contribution in [3.8, 4) is 0 Å². The van der Waals surface area contributed by atoms with Crippen molar-refractivity contribution in [3.05, 3.63) is 0 Å². The van der Waals surface area contributed by atoms with E-state index in [-0.39, 0.29) is 18.2 Å². The Morgan fingerprint density at radius 2 is 2.11 bits per heavy atom. The molecule has 1 aliphatic rings. The summed E-state index contributed by atoms with van der Waals surface area (Å²) in [6, 6.07) is 0.388. The predicted molar refractivity (Wildman–Crippen MR) is 77.1 cm³/mol. The smallest absolute Gasteiger partial charge is 0.410 e. The van der Waals surface area contributed by atoms with Crippen LogP contribution in [0.15, 0.2) is 0 Å². The highest BCUT2D eigenvalue weighted by Crippen LogP contribution is 2.21. The summed E-state index contributed by atoms with van der Waals surface area (Å²) in [6.07, 6.45) is 0.791. The topological polar surface area (TPSA) is 58.8 Å². The molecule has 0 unspecified atom stereocenters. The molecule has 1 saturated heterocycles. The maximum atomic E-state index is 12.3. The van der Waals surface area contributed by atoms with Gasteiger partial charge in [-0.1, -0.05) is 0 Å². The molecule has 19 heavy (non-hydrogen) atoms. The summed E-state index contributed by atoms with van der Waals surface area (Å²) in [6.45, 7) is 13.3. The zero-order chi connectivity index (χ0) is 14.6. The van der Waals surface area contributed by atoms with Crippen molar-refractivity contribution in [3.63, 3.8) is 0 Å². The van der Waals surface area contributed by atoms with Crippen molar-refractivity contribution in [1.82, 2.24) is 9.80 Å². The first-order chi connectivity index (χ1) is 8.74. The maximum Gasteiger partial charge on any atom is 0.410 e. The number of ether oxygens (including phenoxy) is 1. The Kier molecular flexibility index (Phi) is 5.62. The molecule has 1 fully saturated rings. The van der Waals surface area contributed by atoms with Crippen LogP contribution in [-0.2, 0) is 4.74 Å². The summed E-state index contributed by atoms with van der Waals surface area (Å²) in [7, 11) is 0. The lowest BCUT2D eigenvalue weighted by molar-refractivity contribution is 0.00950. The summed E-state index contributed by atoms with van der Waals surface area (Å²) in [4.78, 5) is 16.5. The molecule has 0 spiro atoms. The van der Waals surface area contributed by atoms with Crippen LogP contribution in [0.3, 0.4) is 0 Å². The highest BCUT2D eigenvalue weighted by atomic mass is 16.6. The van der Waals surface area contributed by atoms with E-state index < -0.39 is 5.60 Å². The normalized spacial score (nSPS) is 20.9. The third kappa shape index (κ3) is 4.99. The van der Waals surface area contributed by atoms with Crippen LogP contribution in [0.1, 0.15) is 41.0 Å². The molecule has 0 aromatic carbocycles. The van der Waals surface area contributed by atoms with E-state index in [4.69, 9.17) is 10.5 Å². The molecule has 0 saturated carbocycles. The first-order valence-corrected chi connectivity index (χ1v) is 7.18. The molecule has 2 N–H and O–H groups in total. The van der Waals surface area contributed by atoms with Crippen LogP contribution in [0, 0.1) is 0 Å². The van der Waals surface area contributed by atoms with Crippen molar-refractivity contribution in [2.45, 2.75) is 58.7 Å². The molecule has 1 atom stereocenters. The van der Waals surface area contributed by atoms with E-state index in [2.05, 4.69) is 4.90 Å². The number of rotatable bonds is 4. The second-order valence-corrected chi connectivity index (χ2v) is 6.51. The van der Waals surface area contributed by atoms with Crippen LogP contribution in [-0.4, -0.2) is 59.8 Å². The van der Waals surface area contributed by atoms with Gasteiger partial charge in [0.1, 0.15) is 5.60 Å². The molecule has 5 nitrogen and oxygen atoms in total. The molecule has 1 rings (SSSR count). The first kappa shape index (κ1) is 16.2. The van der Waals surface area contributed by atoms with Gasteiger partial charge in [-0.15, -0.1) is 0 Å². The van der Waals surface area contributed by atoms with Crippen LogP contribution < -0.4 is 5.73 Å². The third-order valence-electron chi connectivity index (χ3n) is 3.25. The number of likely N-dealkylation sites (tertiary alicyclic amines) is 1. The standard InChI is InChI=1S/C14H29N3O2/c1-11(2)17(13(18)19-14(3,4)5)12-6-8-16(10-12)9-7-15/h11-12H,6-10,15H2,1-5H3/t12-/m1/s1. The fraction of sp³-hybridized carbons (Fsp3) is 0.929. The zero-order valence-electron chi connectivity index (χ0n) is 13.0. The van der Waals surface area contributed by atoms with Crippen LogP contribution in [0.5, 0.6) is 0 Å². The lowest BCUT2D eigenvalue weighted by atomic mass is 10.2. The van der Waals surface area contributed by atoms with Gasteiger partial charge < -0.3 is 15.4 Å². The zero-order valence-corrected chi connectivity index (χ0v) is 13.0. The van der Waals surface area contributed by atoms with Crippen molar-refractivity contribution in [2.75, 3.05) is 26.2 Å². The van der Waals surface area contributed by atoms with Gasteiger partial charge in [0.2, 0.25) is 0 Å². The Bertz CT molecular complexity index is 300. The SMILES string of the molecule is CC(C)N(C(=O)OC(C)(C)C)[C@@H]1CCN(CCN)C1. The molecule has 0 radical (unpaired) electrons. The van der Waals surface area contributed by atoms with E-state index in [0.29, 0.717) is 6.54 Å². The molecule has 0 aromatic heterocycles. The van der Waals surface area contributed by atoms with Crippen LogP contribution >= 0.6 is 0 Å². The van der Waals surface area contributed by atoms with Gasteiger partial charge in [-0.2, -0.15) is 0 Å². The summed E-state index contributed by atoms with van der Waals surface area (Å²) in [5.74, 6) is 0. The summed E-state index contributed by atoms with van der Waals surface area (Å²) in [5.41, 5.74) is 5.14. The second-order valence-electron chi connectivity index (χ2n) is 6.51. The van der Waals surface area contributed by atoms with Crippen molar-refractivity contribution >= 4 is 6.09 Å². The van der Waals surface area contributed by atoms with Crippen molar-refractivity contribution in [1.29, 1.82) is 0 Å². The first-order valence-electron chi connectivity index (χ1n) is 7.18. The Morgan fingerprint density at radius 1 is 1.47 bits per heavy atom. The van der Waals surface area contributed by atoms with Gasteiger partial charge in [-0.25, -0.2) is 4.79 Å². The molecule has 0 bridgehead atoms. The minimum absolute atomic E-state index is 0.151. The van der Waals surface area contributed by atoms with Gasteiger partial charge in [-0.3, -0.25) is 4.90 Å². The fourth-order valence-corrected chi connectivity index (χ4v) is 2.52. The van der Waals surface area contributed by atoms with Crippen molar-refractivity contribution in [2.24, 2.45) is 5.73 Å². The van der Waals surface area contributed by atoms with Gasteiger partial charge in [-0.05, 0) is 41.0 Å². The Balaban J connectivity index is 2.66. The summed E-state index contributed by atoms with van der Waals surface area (Å²) >= 11 is 0. The van der Waals surface area contributed by atoms with E-state index in [9.17, 15) is 4.79 Å². The van der Waals surface area contributed by atoms with Crippen LogP contribution in [0.25, 0.3) is 0 Å². The monoisotopic (exact) mass is 271 g/mol. The van der Waals surface area contributed by atoms with Gasteiger partial charge in [0, 0.05) is 38.3 Å². The van der Waals surface area contributed by atoms with Gasteiger partial charge in [0.25, 0.3) is 0 Å². The lowest BCUT2D eigenvalue weighted by Crippen LogP contribution is -2.48. The largest absolute Gasteiger partial charge is 0.444 e.